The van der Waals surface area contributed by atoms with Gasteiger partial charge in [0.25, 0.3) is 5.91 Å². The highest BCUT2D eigenvalue weighted by atomic mass is 16.1. The van der Waals surface area contributed by atoms with E-state index >= 15 is 0 Å². The second-order valence-electron chi connectivity index (χ2n) is 4.93. The van der Waals surface area contributed by atoms with Gasteiger partial charge in [0.1, 0.15) is 0 Å². The van der Waals surface area contributed by atoms with Gasteiger partial charge in [-0.2, -0.15) is 0 Å². The summed E-state index contributed by atoms with van der Waals surface area (Å²) in [6.07, 6.45) is 5.06. The summed E-state index contributed by atoms with van der Waals surface area (Å²) >= 11 is 0. The first kappa shape index (κ1) is 12.2. The number of nitrogens with one attached hydrogen (secondary N) is 1. The molecule has 1 amide bonds. The van der Waals surface area contributed by atoms with Gasteiger partial charge < -0.3 is 5.32 Å². The molecule has 1 fully saturated rings. The number of aryl methyl sites for hydroxylation is 1. The van der Waals surface area contributed by atoms with Crippen LogP contribution in [0.4, 0.5) is 0 Å². The van der Waals surface area contributed by atoms with Crippen molar-refractivity contribution < 1.29 is 4.79 Å². The third kappa shape index (κ3) is 2.68. The van der Waals surface area contributed by atoms with Crippen LogP contribution in [0.2, 0.25) is 0 Å². The maximum atomic E-state index is 12.1. The van der Waals surface area contributed by atoms with Crippen molar-refractivity contribution in [3.8, 4) is 0 Å². The van der Waals surface area contributed by atoms with E-state index in [0.717, 1.165) is 11.1 Å². The third-order valence-corrected chi connectivity index (χ3v) is 3.59. The average molecular weight is 231 g/mol. The summed E-state index contributed by atoms with van der Waals surface area (Å²) < 4.78 is 0. The standard InChI is InChI=1S/C15H21NO/c1-3-16-15(17)14-10-11(2)8-9-13(14)12-6-4-5-7-12/h8-10,12H,3-7H2,1-2H3,(H,16,17). The van der Waals surface area contributed by atoms with Crippen LogP contribution in [0.15, 0.2) is 18.2 Å². The van der Waals surface area contributed by atoms with Gasteiger partial charge >= 0.3 is 0 Å². The molecule has 0 bridgehead atoms. The van der Waals surface area contributed by atoms with Crippen molar-refractivity contribution in [3.05, 3.63) is 34.9 Å². The van der Waals surface area contributed by atoms with E-state index in [1.54, 1.807) is 0 Å². The number of rotatable bonds is 3. The number of benzene rings is 1. The molecule has 92 valence electrons. The zero-order valence-electron chi connectivity index (χ0n) is 10.8. The Morgan fingerprint density at radius 1 is 1.35 bits per heavy atom. The van der Waals surface area contributed by atoms with E-state index in [0.29, 0.717) is 12.5 Å². The van der Waals surface area contributed by atoms with E-state index in [2.05, 4.69) is 17.4 Å². The number of carbonyl (C=O) groups is 1. The molecular formula is C15H21NO. The van der Waals surface area contributed by atoms with Crippen LogP contribution in [-0.4, -0.2) is 12.5 Å². The number of hydrogen-bond donors (Lipinski definition) is 1. The molecule has 0 radical (unpaired) electrons. The highest BCUT2D eigenvalue weighted by Gasteiger charge is 2.22. The topological polar surface area (TPSA) is 29.1 Å². The zero-order valence-corrected chi connectivity index (χ0v) is 10.8. The van der Waals surface area contributed by atoms with Crippen LogP contribution in [0, 0.1) is 6.92 Å². The lowest BCUT2D eigenvalue weighted by atomic mass is 9.91. The molecule has 17 heavy (non-hydrogen) atoms. The van der Waals surface area contributed by atoms with Crippen molar-refractivity contribution in [2.45, 2.75) is 45.4 Å². The number of hydrogen-bond acceptors (Lipinski definition) is 1. The molecule has 0 atom stereocenters. The van der Waals surface area contributed by atoms with E-state index in [9.17, 15) is 4.79 Å². The highest BCUT2D eigenvalue weighted by Crippen LogP contribution is 2.36. The van der Waals surface area contributed by atoms with Gasteiger partial charge in [-0.05, 0) is 44.2 Å². The van der Waals surface area contributed by atoms with E-state index in [1.165, 1.54) is 31.2 Å². The molecule has 2 rings (SSSR count). The van der Waals surface area contributed by atoms with Crippen molar-refractivity contribution in [1.82, 2.24) is 5.32 Å². The van der Waals surface area contributed by atoms with Gasteiger partial charge in [0.05, 0.1) is 0 Å². The molecule has 1 aromatic carbocycles. The Kier molecular flexibility index (Phi) is 3.82. The smallest absolute Gasteiger partial charge is 0.251 e. The van der Waals surface area contributed by atoms with Gasteiger partial charge in [-0.25, -0.2) is 0 Å². The fourth-order valence-electron chi connectivity index (χ4n) is 2.72. The highest BCUT2D eigenvalue weighted by molar-refractivity contribution is 5.96. The second-order valence-corrected chi connectivity index (χ2v) is 4.93. The lowest BCUT2D eigenvalue weighted by Crippen LogP contribution is -2.24. The van der Waals surface area contributed by atoms with Crippen LogP contribution in [0.3, 0.4) is 0 Å². The van der Waals surface area contributed by atoms with Gasteiger partial charge in [-0.1, -0.05) is 30.5 Å². The molecule has 0 aliphatic heterocycles. The first-order valence-corrected chi connectivity index (χ1v) is 6.61. The Morgan fingerprint density at radius 3 is 2.71 bits per heavy atom. The van der Waals surface area contributed by atoms with Crippen molar-refractivity contribution in [1.29, 1.82) is 0 Å². The van der Waals surface area contributed by atoms with Crippen molar-refractivity contribution in [3.63, 3.8) is 0 Å². The molecule has 2 nitrogen and oxygen atoms in total. The van der Waals surface area contributed by atoms with Crippen LogP contribution in [0.1, 0.15) is 60.0 Å². The molecule has 0 aromatic heterocycles. The summed E-state index contributed by atoms with van der Waals surface area (Å²) in [4.78, 5) is 12.1. The zero-order chi connectivity index (χ0) is 12.3. The molecule has 0 unspecified atom stereocenters. The minimum atomic E-state index is 0.0816. The van der Waals surface area contributed by atoms with Crippen molar-refractivity contribution in [2.75, 3.05) is 6.54 Å². The molecule has 1 aliphatic rings. The normalized spacial score (nSPS) is 16.1. The van der Waals surface area contributed by atoms with E-state index in [4.69, 9.17) is 0 Å². The monoisotopic (exact) mass is 231 g/mol. The van der Waals surface area contributed by atoms with Crippen molar-refractivity contribution >= 4 is 5.91 Å². The summed E-state index contributed by atoms with van der Waals surface area (Å²) in [5.41, 5.74) is 3.30. The van der Waals surface area contributed by atoms with Gasteiger partial charge in [-0.15, -0.1) is 0 Å². The summed E-state index contributed by atoms with van der Waals surface area (Å²) in [5, 5.41) is 2.91. The number of amides is 1. The Hall–Kier alpha value is -1.31. The fraction of sp³-hybridized carbons (Fsp3) is 0.533. The average Bonchev–Trinajstić information content (AvgIpc) is 2.82. The lowest BCUT2D eigenvalue weighted by Gasteiger charge is -2.15. The first-order chi connectivity index (χ1) is 8.22. The lowest BCUT2D eigenvalue weighted by molar-refractivity contribution is 0.0954. The van der Waals surface area contributed by atoms with Crippen LogP contribution in [0.5, 0.6) is 0 Å². The van der Waals surface area contributed by atoms with E-state index in [1.807, 2.05) is 19.9 Å². The Bertz CT molecular complexity index is 405. The SMILES string of the molecule is CCNC(=O)c1cc(C)ccc1C1CCCC1. The molecular weight excluding hydrogens is 210 g/mol. The predicted octanol–water partition coefficient (Wildman–Crippen LogP) is 3.40. The molecule has 2 heteroatoms. The van der Waals surface area contributed by atoms with Gasteiger partial charge in [0, 0.05) is 12.1 Å². The first-order valence-electron chi connectivity index (χ1n) is 6.61. The Morgan fingerprint density at radius 2 is 2.06 bits per heavy atom. The predicted molar refractivity (Wildman–Crippen MR) is 70.4 cm³/mol. The quantitative estimate of drug-likeness (QED) is 0.848. The summed E-state index contributed by atoms with van der Waals surface area (Å²) in [5.74, 6) is 0.673. The third-order valence-electron chi connectivity index (χ3n) is 3.59. The molecule has 1 aliphatic carbocycles. The van der Waals surface area contributed by atoms with Crippen molar-refractivity contribution in [2.24, 2.45) is 0 Å². The van der Waals surface area contributed by atoms with Gasteiger partial charge in [-0.3, -0.25) is 4.79 Å². The van der Waals surface area contributed by atoms with E-state index < -0.39 is 0 Å². The van der Waals surface area contributed by atoms with E-state index in [-0.39, 0.29) is 5.91 Å². The molecule has 1 aromatic rings. The fourth-order valence-corrected chi connectivity index (χ4v) is 2.72. The summed E-state index contributed by atoms with van der Waals surface area (Å²) in [7, 11) is 0. The summed E-state index contributed by atoms with van der Waals surface area (Å²) in [6.45, 7) is 4.70. The van der Waals surface area contributed by atoms with Crippen LogP contribution >= 0.6 is 0 Å². The maximum absolute atomic E-state index is 12.1. The largest absolute Gasteiger partial charge is 0.352 e. The van der Waals surface area contributed by atoms with Gasteiger partial charge in [0.15, 0.2) is 0 Å². The van der Waals surface area contributed by atoms with Crippen LogP contribution in [0.25, 0.3) is 0 Å². The molecule has 0 heterocycles. The number of carbonyl (C=O) groups excluding carboxylic acids is 1. The molecule has 0 spiro atoms. The molecule has 1 saturated carbocycles. The van der Waals surface area contributed by atoms with Crippen LogP contribution < -0.4 is 5.32 Å². The minimum Gasteiger partial charge on any atom is -0.352 e. The maximum Gasteiger partial charge on any atom is 0.251 e. The molecule has 1 N–H and O–H groups in total. The Balaban J connectivity index is 2.33. The van der Waals surface area contributed by atoms with Gasteiger partial charge in [0.2, 0.25) is 0 Å². The minimum absolute atomic E-state index is 0.0816. The summed E-state index contributed by atoms with van der Waals surface area (Å²) in [6, 6.07) is 6.30. The van der Waals surface area contributed by atoms with Crippen LogP contribution in [-0.2, 0) is 0 Å². The second kappa shape index (κ2) is 5.35. The molecule has 0 saturated heterocycles. The Labute approximate surface area is 103 Å².